The summed E-state index contributed by atoms with van der Waals surface area (Å²) >= 11 is 0. The topological polar surface area (TPSA) is 73.6 Å². The zero-order valence-electron chi connectivity index (χ0n) is 8.80. The zero-order chi connectivity index (χ0) is 10.9. The van der Waals surface area contributed by atoms with Crippen molar-refractivity contribution in [3.63, 3.8) is 0 Å². The largest absolute Gasteiger partial charge is 1.00 e. The SMILES string of the molecule is O=[C-]c1ccc(S(=O)(=O)CC2COC2)o1.[Li+]. The molecule has 5 nitrogen and oxygen atoms in total. The van der Waals surface area contributed by atoms with Crippen LogP contribution in [0.5, 0.6) is 0 Å². The second-order valence-corrected chi connectivity index (χ2v) is 5.37. The van der Waals surface area contributed by atoms with Gasteiger partial charge in [-0.25, -0.2) is 8.42 Å². The standard InChI is InChI=1S/C9H9O5S.Li/c10-3-8-1-2-9(14-8)15(11,12)6-7-4-13-5-7;/h1-2,7H,4-6H2;/q-1;+1. The number of carbonyl (C=O) groups excluding carboxylic acids is 1. The third-order valence-corrected chi connectivity index (χ3v) is 3.89. The molecule has 1 fully saturated rings. The molecule has 7 heteroatoms. The summed E-state index contributed by atoms with van der Waals surface area (Å²) in [5.74, 6) is -0.0686. The van der Waals surface area contributed by atoms with Crippen molar-refractivity contribution < 1.29 is 41.2 Å². The summed E-state index contributed by atoms with van der Waals surface area (Å²) in [6, 6.07) is 2.56. The van der Waals surface area contributed by atoms with Gasteiger partial charge in [0.1, 0.15) is 0 Å². The predicted molar refractivity (Wildman–Crippen MR) is 49.9 cm³/mol. The van der Waals surface area contributed by atoms with E-state index in [0.29, 0.717) is 13.2 Å². The maximum atomic E-state index is 11.7. The van der Waals surface area contributed by atoms with Crippen LogP contribution in [0.1, 0.15) is 5.76 Å². The minimum Gasteiger partial charge on any atom is -0.482 e. The van der Waals surface area contributed by atoms with Crippen LogP contribution in [0.15, 0.2) is 21.6 Å². The molecule has 1 aliphatic heterocycles. The Balaban J connectivity index is 0.00000128. The molecule has 0 aromatic carbocycles. The van der Waals surface area contributed by atoms with Crippen molar-refractivity contribution in [3.05, 3.63) is 17.9 Å². The first-order chi connectivity index (χ1) is 7.12. The summed E-state index contributed by atoms with van der Waals surface area (Å²) in [5, 5.41) is -0.173. The molecule has 2 heterocycles. The van der Waals surface area contributed by atoms with Crippen LogP contribution in [-0.2, 0) is 19.4 Å². The number of rotatable bonds is 4. The maximum absolute atomic E-state index is 11.7. The number of furan rings is 1. The molecule has 1 aliphatic rings. The molecule has 0 spiro atoms. The van der Waals surface area contributed by atoms with Gasteiger partial charge in [-0.2, -0.15) is 6.07 Å². The Hall–Kier alpha value is -0.543. The van der Waals surface area contributed by atoms with Crippen molar-refractivity contribution in [1.82, 2.24) is 0 Å². The van der Waals surface area contributed by atoms with Crippen LogP contribution >= 0.6 is 0 Å². The van der Waals surface area contributed by atoms with E-state index in [0.717, 1.165) is 0 Å². The van der Waals surface area contributed by atoms with E-state index >= 15 is 0 Å². The summed E-state index contributed by atoms with van der Waals surface area (Å²) in [7, 11) is -3.44. The Bertz CT molecular complexity index is 460. The van der Waals surface area contributed by atoms with Gasteiger partial charge >= 0.3 is 18.9 Å². The quantitative estimate of drug-likeness (QED) is 0.416. The fourth-order valence-corrected chi connectivity index (χ4v) is 2.78. The van der Waals surface area contributed by atoms with Gasteiger partial charge in [0, 0.05) is 18.0 Å². The van der Waals surface area contributed by atoms with Crippen molar-refractivity contribution >= 4 is 16.1 Å². The Morgan fingerprint density at radius 3 is 2.50 bits per heavy atom. The van der Waals surface area contributed by atoms with Crippen LogP contribution in [0, 0.1) is 5.92 Å². The van der Waals surface area contributed by atoms with E-state index in [-0.39, 0.29) is 41.4 Å². The van der Waals surface area contributed by atoms with Crippen LogP contribution in [0.3, 0.4) is 0 Å². The molecule has 1 aromatic heterocycles. The van der Waals surface area contributed by atoms with E-state index in [2.05, 4.69) is 0 Å². The van der Waals surface area contributed by atoms with E-state index in [1.165, 1.54) is 18.4 Å². The molecular weight excluding hydrogens is 227 g/mol. The minimum atomic E-state index is -3.44. The van der Waals surface area contributed by atoms with E-state index in [1.54, 1.807) is 0 Å². The monoisotopic (exact) mass is 236 g/mol. The van der Waals surface area contributed by atoms with Gasteiger partial charge in [0.15, 0.2) is 5.09 Å². The molecule has 1 aromatic rings. The fourth-order valence-electron chi connectivity index (χ4n) is 1.32. The van der Waals surface area contributed by atoms with Crippen LogP contribution in [0.25, 0.3) is 0 Å². The average Bonchev–Trinajstić information content (AvgIpc) is 2.60. The van der Waals surface area contributed by atoms with Gasteiger partial charge in [0.25, 0.3) is 0 Å². The van der Waals surface area contributed by atoms with Gasteiger partial charge in [0.2, 0.25) is 9.84 Å². The summed E-state index contributed by atoms with van der Waals surface area (Å²) in [5.41, 5.74) is 0. The zero-order valence-corrected chi connectivity index (χ0v) is 9.62. The molecule has 1 saturated heterocycles. The van der Waals surface area contributed by atoms with Crippen molar-refractivity contribution in [1.29, 1.82) is 0 Å². The van der Waals surface area contributed by atoms with Crippen molar-refractivity contribution in [2.24, 2.45) is 5.92 Å². The van der Waals surface area contributed by atoms with E-state index in [9.17, 15) is 13.2 Å². The van der Waals surface area contributed by atoms with Crippen LogP contribution in [0.2, 0.25) is 0 Å². The van der Waals surface area contributed by atoms with Gasteiger partial charge in [-0.3, -0.25) is 0 Å². The summed E-state index contributed by atoms with van der Waals surface area (Å²) in [6.07, 6.45) is 1.49. The van der Waals surface area contributed by atoms with Gasteiger partial charge in [-0.1, -0.05) is 6.07 Å². The first-order valence-corrected chi connectivity index (χ1v) is 6.05. The molecule has 16 heavy (non-hydrogen) atoms. The molecule has 0 unspecified atom stereocenters. The smallest absolute Gasteiger partial charge is 0.482 e. The minimum absolute atomic E-state index is 0. The van der Waals surface area contributed by atoms with E-state index < -0.39 is 9.84 Å². The van der Waals surface area contributed by atoms with E-state index in [4.69, 9.17) is 9.15 Å². The van der Waals surface area contributed by atoms with Crippen LogP contribution in [0.4, 0.5) is 0 Å². The van der Waals surface area contributed by atoms with Gasteiger partial charge in [-0.15, -0.1) is 0 Å². The fraction of sp³-hybridized carbons (Fsp3) is 0.444. The number of hydrogen-bond donors (Lipinski definition) is 0. The molecule has 82 valence electrons. The van der Waals surface area contributed by atoms with Gasteiger partial charge in [0.05, 0.1) is 19.0 Å². The van der Waals surface area contributed by atoms with Gasteiger partial charge < -0.3 is 13.9 Å². The second kappa shape index (κ2) is 5.19. The molecule has 0 saturated carbocycles. The van der Waals surface area contributed by atoms with Gasteiger partial charge in [-0.05, 0) is 0 Å². The molecule has 0 amide bonds. The van der Waals surface area contributed by atoms with Crippen molar-refractivity contribution in [3.8, 4) is 0 Å². The van der Waals surface area contributed by atoms with Crippen LogP contribution < -0.4 is 18.9 Å². The van der Waals surface area contributed by atoms with Crippen molar-refractivity contribution in [2.75, 3.05) is 19.0 Å². The Morgan fingerprint density at radius 1 is 1.38 bits per heavy atom. The molecule has 0 aliphatic carbocycles. The summed E-state index contributed by atoms with van der Waals surface area (Å²) in [6.45, 7) is 0.930. The molecular formula is C9H9LiO5S. The van der Waals surface area contributed by atoms with Crippen LogP contribution in [-0.4, -0.2) is 33.7 Å². The number of sulfone groups is 1. The molecule has 0 atom stereocenters. The summed E-state index contributed by atoms with van der Waals surface area (Å²) < 4.78 is 33.1. The first-order valence-electron chi connectivity index (χ1n) is 4.40. The second-order valence-electron chi connectivity index (χ2n) is 3.41. The molecule has 0 radical (unpaired) electrons. The number of hydrogen-bond acceptors (Lipinski definition) is 5. The maximum Gasteiger partial charge on any atom is 1.00 e. The Labute approximate surface area is 105 Å². The summed E-state index contributed by atoms with van der Waals surface area (Å²) in [4.78, 5) is 10.2. The normalized spacial score (nSPS) is 16.2. The van der Waals surface area contributed by atoms with E-state index in [1.807, 2.05) is 0 Å². The first kappa shape index (κ1) is 13.5. The van der Waals surface area contributed by atoms with Crippen molar-refractivity contribution in [2.45, 2.75) is 5.09 Å². The number of ether oxygens (including phenoxy) is 1. The Kier molecular flexibility index (Phi) is 4.39. The third kappa shape index (κ3) is 2.77. The third-order valence-electron chi connectivity index (χ3n) is 2.15. The molecule has 0 N–H and O–H groups in total. The predicted octanol–water partition coefficient (Wildman–Crippen LogP) is -2.84. The molecule has 2 rings (SSSR count). The Morgan fingerprint density at radius 2 is 2.06 bits per heavy atom. The molecule has 0 bridgehead atoms. The average molecular weight is 236 g/mol.